The normalized spacial score (nSPS) is 30.0. The highest BCUT2D eigenvalue weighted by atomic mass is 16.5. The number of likely N-dealkylation sites (tertiary alicyclic amines) is 1. The highest BCUT2D eigenvalue weighted by Crippen LogP contribution is 2.37. The zero-order valence-electron chi connectivity index (χ0n) is 14.1. The van der Waals surface area contributed by atoms with Gasteiger partial charge in [0.15, 0.2) is 5.82 Å². The Bertz CT molecular complexity index is 590. The third kappa shape index (κ3) is 2.84. The van der Waals surface area contributed by atoms with Crippen LogP contribution in [0.25, 0.3) is 0 Å². The summed E-state index contributed by atoms with van der Waals surface area (Å²) < 4.78 is 11.1. The topological polar surface area (TPSA) is 94.5 Å². The maximum Gasteiger partial charge on any atom is 0.252 e. The molecule has 1 saturated carbocycles. The zero-order chi connectivity index (χ0) is 16.6. The van der Waals surface area contributed by atoms with E-state index in [1.165, 1.54) is 0 Å². The van der Waals surface area contributed by atoms with Crippen LogP contribution in [0.15, 0.2) is 4.52 Å². The first-order valence-electron chi connectivity index (χ1n) is 9.22. The third-order valence-corrected chi connectivity index (χ3v) is 5.66. The van der Waals surface area contributed by atoms with Crippen molar-refractivity contribution in [1.82, 2.24) is 15.0 Å². The van der Waals surface area contributed by atoms with E-state index in [1.54, 1.807) is 0 Å². The molecule has 7 heteroatoms. The number of hydrogen-bond donors (Lipinski definition) is 1. The number of hydrogen-bond acceptors (Lipinski definition) is 6. The van der Waals surface area contributed by atoms with E-state index in [2.05, 4.69) is 10.1 Å². The van der Waals surface area contributed by atoms with E-state index >= 15 is 0 Å². The van der Waals surface area contributed by atoms with Gasteiger partial charge in [0.1, 0.15) is 12.1 Å². The standard InChI is InChI=1S/C17H26N4O3/c18-17(8-2-3-9-17)16-19-14(24-20-16)12-6-1-4-10-21(12)15(22)13-7-5-11-23-13/h12-13H,1-11,18H2. The summed E-state index contributed by atoms with van der Waals surface area (Å²) in [7, 11) is 0. The van der Waals surface area contributed by atoms with E-state index in [0.717, 1.165) is 64.3 Å². The molecule has 24 heavy (non-hydrogen) atoms. The molecule has 3 aliphatic rings. The van der Waals surface area contributed by atoms with Gasteiger partial charge in [-0.3, -0.25) is 4.79 Å². The van der Waals surface area contributed by atoms with Crippen LogP contribution in [0.4, 0.5) is 0 Å². The summed E-state index contributed by atoms with van der Waals surface area (Å²) in [5, 5.41) is 4.16. The van der Waals surface area contributed by atoms with Gasteiger partial charge >= 0.3 is 0 Å². The fourth-order valence-electron chi connectivity index (χ4n) is 4.21. The molecule has 2 aliphatic heterocycles. The van der Waals surface area contributed by atoms with Crippen LogP contribution >= 0.6 is 0 Å². The van der Waals surface area contributed by atoms with Crippen LogP contribution in [0, 0.1) is 0 Å². The van der Waals surface area contributed by atoms with E-state index in [-0.39, 0.29) is 18.1 Å². The first kappa shape index (κ1) is 16.0. The largest absolute Gasteiger partial charge is 0.368 e. The molecule has 1 aliphatic carbocycles. The van der Waals surface area contributed by atoms with E-state index in [1.807, 2.05) is 4.90 Å². The molecule has 3 heterocycles. The van der Waals surface area contributed by atoms with Crippen molar-refractivity contribution in [2.45, 2.75) is 75.5 Å². The maximum absolute atomic E-state index is 12.8. The fourth-order valence-corrected chi connectivity index (χ4v) is 4.21. The highest BCUT2D eigenvalue weighted by Gasteiger charge is 2.40. The average Bonchev–Trinajstić information content (AvgIpc) is 3.35. The first-order valence-corrected chi connectivity index (χ1v) is 9.22. The van der Waals surface area contributed by atoms with E-state index in [0.29, 0.717) is 18.3 Å². The Hall–Kier alpha value is -1.47. The molecule has 1 aromatic heterocycles. The van der Waals surface area contributed by atoms with Crippen molar-refractivity contribution in [3.63, 3.8) is 0 Å². The van der Waals surface area contributed by atoms with Gasteiger partial charge < -0.3 is 19.9 Å². The Balaban J connectivity index is 1.54. The lowest BCUT2D eigenvalue weighted by Crippen LogP contribution is -2.44. The molecule has 7 nitrogen and oxygen atoms in total. The van der Waals surface area contributed by atoms with Gasteiger partial charge in [0.05, 0.1) is 5.54 Å². The third-order valence-electron chi connectivity index (χ3n) is 5.66. The summed E-state index contributed by atoms with van der Waals surface area (Å²) in [4.78, 5) is 19.3. The second-order valence-electron chi connectivity index (χ2n) is 7.36. The van der Waals surface area contributed by atoms with Crippen LogP contribution in [-0.4, -0.2) is 40.2 Å². The predicted octanol–water partition coefficient (Wildman–Crippen LogP) is 2.03. The molecular weight excluding hydrogens is 308 g/mol. The molecule has 4 rings (SSSR count). The van der Waals surface area contributed by atoms with Gasteiger partial charge in [-0.2, -0.15) is 4.98 Å². The van der Waals surface area contributed by atoms with Crippen molar-refractivity contribution in [3.05, 3.63) is 11.7 Å². The second-order valence-corrected chi connectivity index (χ2v) is 7.36. The Morgan fingerprint density at radius 3 is 2.75 bits per heavy atom. The van der Waals surface area contributed by atoms with Crippen LogP contribution in [-0.2, 0) is 15.1 Å². The minimum atomic E-state index is -0.459. The van der Waals surface area contributed by atoms with Gasteiger partial charge in [0, 0.05) is 13.2 Å². The van der Waals surface area contributed by atoms with Crippen molar-refractivity contribution in [3.8, 4) is 0 Å². The minimum absolute atomic E-state index is 0.0697. The number of aromatic nitrogens is 2. The number of nitrogens with zero attached hydrogens (tertiary/aromatic N) is 3. The number of amides is 1. The molecule has 2 atom stereocenters. The average molecular weight is 334 g/mol. The molecule has 2 saturated heterocycles. The van der Waals surface area contributed by atoms with E-state index in [9.17, 15) is 4.79 Å². The van der Waals surface area contributed by atoms with Crippen LogP contribution in [0.3, 0.4) is 0 Å². The number of rotatable bonds is 3. The van der Waals surface area contributed by atoms with Gasteiger partial charge in [-0.05, 0) is 44.9 Å². The van der Waals surface area contributed by atoms with Crippen LogP contribution in [0.1, 0.15) is 75.5 Å². The van der Waals surface area contributed by atoms with Crippen molar-refractivity contribution in [1.29, 1.82) is 0 Å². The molecule has 0 aromatic carbocycles. The van der Waals surface area contributed by atoms with Crippen molar-refractivity contribution >= 4 is 5.91 Å². The first-order chi connectivity index (χ1) is 11.7. The zero-order valence-corrected chi connectivity index (χ0v) is 14.1. The fraction of sp³-hybridized carbons (Fsp3) is 0.824. The molecule has 1 amide bonds. The molecule has 2 N–H and O–H groups in total. The summed E-state index contributed by atoms with van der Waals surface area (Å²) in [5.74, 6) is 1.21. The molecule has 2 unspecified atom stereocenters. The van der Waals surface area contributed by atoms with Gasteiger partial charge in [0.25, 0.3) is 5.91 Å². The Morgan fingerprint density at radius 2 is 2.00 bits per heavy atom. The van der Waals surface area contributed by atoms with Crippen LogP contribution in [0.5, 0.6) is 0 Å². The monoisotopic (exact) mass is 334 g/mol. The molecule has 1 aromatic rings. The number of piperidine rings is 1. The number of ether oxygens (including phenoxy) is 1. The summed E-state index contributed by atoms with van der Waals surface area (Å²) >= 11 is 0. The number of nitrogens with two attached hydrogens (primary N) is 1. The smallest absolute Gasteiger partial charge is 0.252 e. The summed E-state index contributed by atoms with van der Waals surface area (Å²) in [6, 6.07) is -0.137. The Kier molecular flexibility index (Phi) is 4.30. The number of carbonyl (C=O) groups excluding carboxylic acids is 1. The molecule has 0 radical (unpaired) electrons. The van der Waals surface area contributed by atoms with Crippen molar-refractivity contribution in [2.75, 3.05) is 13.2 Å². The predicted molar refractivity (Wildman–Crippen MR) is 85.9 cm³/mol. The van der Waals surface area contributed by atoms with Crippen LogP contribution in [0.2, 0.25) is 0 Å². The van der Waals surface area contributed by atoms with Gasteiger partial charge in [-0.15, -0.1) is 0 Å². The Labute approximate surface area is 141 Å². The van der Waals surface area contributed by atoms with Crippen LogP contribution < -0.4 is 5.73 Å². The lowest BCUT2D eigenvalue weighted by Gasteiger charge is -2.34. The van der Waals surface area contributed by atoms with Crippen molar-refractivity contribution < 1.29 is 14.1 Å². The molecule has 3 fully saturated rings. The second kappa shape index (κ2) is 6.44. The lowest BCUT2D eigenvalue weighted by atomic mass is 9.98. The SMILES string of the molecule is NC1(c2noc(C3CCCCN3C(=O)C3CCCO3)n2)CCCC1. The molecule has 132 valence electrons. The van der Waals surface area contributed by atoms with Gasteiger partial charge in [-0.1, -0.05) is 18.0 Å². The quantitative estimate of drug-likeness (QED) is 0.909. The summed E-state index contributed by atoms with van der Waals surface area (Å²) in [6.07, 6.45) is 8.40. The highest BCUT2D eigenvalue weighted by molar-refractivity contribution is 5.81. The maximum atomic E-state index is 12.8. The Morgan fingerprint density at radius 1 is 1.17 bits per heavy atom. The molecule has 0 spiro atoms. The van der Waals surface area contributed by atoms with E-state index in [4.69, 9.17) is 15.0 Å². The minimum Gasteiger partial charge on any atom is -0.368 e. The number of carbonyl (C=O) groups is 1. The molecular formula is C17H26N4O3. The molecule has 0 bridgehead atoms. The van der Waals surface area contributed by atoms with Gasteiger partial charge in [0.2, 0.25) is 5.89 Å². The lowest BCUT2D eigenvalue weighted by molar-refractivity contribution is -0.145. The van der Waals surface area contributed by atoms with E-state index < -0.39 is 5.54 Å². The van der Waals surface area contributed by atoms with Gasteiger partial charge in [-0.25, -0.2) is 0 Å². The van der Waals surface area contributed by atoms with Crippen molar-refractivity contribution in [2.24, 2.45) is 5.73 Å². The summed E-state index contributed by atoms with van der Waals surface area (Å²) in [5.41, 5.74) is 5.97. The summed E-state index contributed by atoms with van der Waals surface area (Å²) in [6.45, 7) is 1.41.